The van der Waals surface area contributed by atoms with E-state index in [0.717, 1.165) is 11.8 Å². The number of alkyl halides is 3. The zero-order chi connectivity index (χ0) is 27.5. The van der Waals surface area contributed by atoms with Gasteiger partial charge in [-0.1, -0.05) is 24.3 Å². The Labute approximate surface area is 218 Å². The molecule has 2 heterocycles. The molecule has 1 aliphatic rings. The van der Waals surface area contributed by atoms with E-state index in [0.29, 0.717) is 43.4 Å². The molecule has 1 aliphatic heterocycles. The number of nitrogens with zero attached hydrogens (tertiary/aromatic N) is 4. The number of carbonyl (C=O) groups excluding carboxylic acids is 1. The molecule has 0 amide bonds. The number of halogens is 3. The number of sulfone groups is 1. The Hall–Kier alpha value is -3.78. The molecule has 198 valence electrons. The quantitative estimate of drug-likeness (QED) is 0.395. The molecule has 1 saturated heterocycles. The summed E-state index contributed by atoms with van der Waals surface area (Å²) in [6.07, 6.45) is -1.14. The van der Waals surface area contributed by atoms with Crippen LogP contribution < -0.4 is 4.90 Å². The van der Waals surface area contributed by atoms with Crippen LogP contribution in [0, 0.1) is 11.3 Å². The summed E-state index contributed by atoms with van der Waals surface area (Å²) in [5.41, 5.74) is 1.84. The molecule has 0 bridgehead atoms. The van der Waals surface area contributed by atoms with Gasteiger partial charge in [0.15, 0.2) is 15.6 Å². The van der Waals surface area contributed by atoms with Crippen molar-refractivity contribution in [1.29, 1.82) is 5.26 Å². The number of ketones is 1. The molecular formula is C27H25F3N4O3S. The minimum atomic E-state index is -4.81. The predicted octanol–water partition coefficient (Wildman–Crippen LogP) is 5.00. The van der Waals surface area contributed by atoms with E-state index in [1.165, 1.54) is 30.3 Å². The molecule has 0 aliphatic carbocycles. The van der Waals surface area contributed by atoms with Crippen molar-refractivity contribution in [3.8, 4) is 17.3 Å². The van der Waals surface area contributed by atoms with E-state index >= 15 is 0 Å². The Morgan fingerprint density at radius 3 is 2.39 bits per heavy atom. The maximum atomic E-state index is 13.7. The Morgan fingerprint density at radius 1 is 1.11 bits per heavy atom. The number of rotatable bonds is 8. The summed E-state index contributed by atoms with van der Waals surface area (Å²) >= 11 is 0. The third-order valence-corrected chi connectivity index (χ3v) is 7.56. The SMILES string of the molecule is CS(=O)(=O)c1ccc(-c2cc(N3CCC[C@H]3C(=O)CCCc3ccc(C#N)cc3)nc(C(F)(F)F)n2)cc1. The van der Waals surface area contributed by atoms with Gasteiger partial charge >= 0.3 is 6.18 Å². The first-order valence-corrected chi connectivity index (χ1v) is 13.9. The highest BCUT2D eigenvalue weighted by Gasteiger charge is 2.38. The van der Waals surface area contributed by atoms with Gasteiger partial charge in [-0.2, -0.15) is 18.4 Å². The number of hydrogen-bond donors (Lipinski definition) is 0. The highest BCUT2D eigenvalue weighted by Crippen LogP contribution is 2.34. The number of nitriles is 1. The van der Waals surface area contributed by atoms with Gasteiger partial charge in [0, 0.05) is 30.9 Å². The van der Waals surface area contributed by atoms with Gasteiger partial charge in [0.2, 0.25) is 5.82 Å². The number of hydrogen-bond acceptors (Lipinski definition) is 7. The molecule has 0 radical (unpaired) electrons. The van der Waals surface area contributed by atoms with Crippen LogP contribution in [0.1, 0.15) is 42.6 Å². The van der Waals surface area contributed by atoms with Crippen LogP contribution in [0.15, 0.2) is 59.5 Å². The summed E-state index contributed by atoms with van der Waals surface area (Å²) in [5.74, 6) is -1.38. The topological polar surface area (TPSA) is 104 Å². The van der Waals surface area contributed by atoms with Gasteiger partial charge in [0.05, 0.1) is 28.3 Å². The molecule has 7 nitrogen and oxygen atoms in total. The van der Waals surface area contributed by atoms with Gasteiger partial charge in [-0.15, -0.1) is 0 Å². The van der Waals surface area contributed by atoms with Gasteiger partial charge in [-0.05, 0) is 55.5 Å². The summed E-state index contributed by atoms with van der Waals surface area (Å²) in [7, 11) is -3.47. The van der Waals surface area contributed by atoms with Gasteiger partial charge in [0.1, 0.15) is 5.82 Å². The zero-order valence-corrected chi connectivity index (χ0v) is 21.4. The van der Waals surface area contributed by atoms with Gasteiger partial charge in [-0.3, -0.25) is 4.79 Å². The molecule has 3 aromatic rings. The van der Waals surface area contributed by atoms with Gasteiger partial charge < -0.3 is 4.90 Å². The van der Waals surface area contributed by atoms with Crippen molar-refractivity contribution in [3.63, 3.8) is 0 Å². The lowest BCUT2D eigenvalue weighted by Crippen LogP contribution is -2.37. The first kappa shape index (κ1) is 27.3. The third-order valence-electron chi connectivity index (χ3n) is 6.43. The standard InChI is InChI=1S/C27H25F3N4O3S/c1-38(36,37)21-13-11-20(12-14-21)22-16-25(33-26(32-22)27(28,29)30)34-15-3-5-23(34)24(35)6-2-4-18-7-9-19(17-31)10-8-18/h7-14,16,23H,2-6,15H2,1H3/t23-/m0/s1. The molecule has 2 aromatic carbocycles. The third kappa shape index (κ3) is 6.37. The van der Waals surface area contributed by atoms with E-state index in [1.807, 2.05) is 12.1 Å². The molecule has 1 aromatic heterocycles. The van der Waals surface area contributed by atoms with Crippen LogP contribution in [0.5, 0.6) is 0 Å². The van der Waals surface area contributed by atoms with Crippen LogP contribution in [0.3, 0.4) is 0 Å². The minimum Gasteiger partial charge on any atom is -0.346 e. The molecular weight excluding hydrogens is 517 g/mol. The van der Waals surface area contributed by atoms with Crippen LogP contribution >= 0.6 is 0 Å². The van der Waals surface area contributed by atoms with Crippen molar-refractivity contribution in [2.75, 3.05) is 17.7 Å². The van der Waals surface area contributed by atoms with E-state index in [4.69, 9.17) is 5.26 Å². The lowest BCUT2D eigenvalue weighted by atomic mass is 10.0. The minimum absolute atomic E-state index is 0.0115. The van der Waals surface area contributed by atoms with Crippen LogP contribution in [0.4, 0.5) is 19.0 Å². The smallest absolute Gasteiger partial charge is 0.346 e. The van der Waals surface area contributed by atoms with Crippen LogP contribution in [-0.4, -0.2) is 43.0 Å². The average Bonchev–Trinajstić information content (AvgIpc) is 3.38. The predicted molar refractivity (Wildman–Crippen MR) is 135 cm³/mol. The second-order valence-corrected chi connectivity index (χ2v) is 11.2. The maximum Gasteiger partial charge on any atom is 0.451 e. The Kier molecular flexibility index (Phi) is 7.83. The molecule has 0 N–H and O–H groups in total. The second-order valence-electron chi connectivity index (χ2n) is 9.21. The van der Waals surface area contributed by atoms with E-state index in [1.54, 1.807) is 17.0 Å². The molecule has 1 fully saturated rings. The van der Waals surface area contributed by atoms with Crippen molar-refractivity contribution < 1.29 is 26.4 Å². The first-order chi connectivity index (χ1) is 18.0. The Balaban J connectivity index is 1.55. The Bertz CT molecular complexity index is 1470. The molecule has 11 heteroatoms. The van der Waals surface area contributed by atoms with Crippen molar-refractivity contribution in [2.45, 2.75) is 49.2 Å². The van der Waals surface area contributed by atoms with Gasteiger partial charge in [-0.25, -0.2) is 18.4 Å². The molecule has 0 spiro atoms. The largest absolute Gasteiger partial charge is 0.451 e. The van der Waals surface area contributed by atoms with Crippen LogP contribution in [-0.2, 0) is 27.2 Å². The summed E-state index contributed by atoms with van der Waals surface area (Å²) in [5, 5.41) is 8.91. The highest BCUT2D eigenvalue weighted by molar-refractivity contribution is 7.90. The molecule has 4 rings (SSSR count). The molecule has 1 atom stereocenters. The first-order valence-electron chi connectivity index (χ1n) is 12.0. The van der Waals surface area contributed by atoms with E-state index in [-0.39, 0.29) is 28.6 Å². The monoisotopic (exact) mass is 542 g/mol. The number of aromatic nitrogens is 2. The summed E-state index contributed by atoms with van der Waals surface area (Å²) in [6, 6.07) is 15.4. The fraction of sp³-hybridized carbons (Fsp3) is 0.333. The Morgan fingerprint density at radius 2 is 1.79 bits per heavy atom. The van der Waals surface area contributed by atoms with Crippen LogP contribution in [0.2, 0.25) is 0 Å². The number of carbonyl (C=O) groups is 1. The number of aryl methyl sites for hydroxylation is 1. The molecule has 0 unspecified atom stereocenters. The van der Waals surface area contributed by atoms with E-state index < -0.39 is 27.9 Å². The normalized spacial score (nSPS) is 15.9. The fourth-order valence-electron chi connectivity index (χ4n) is 4.48. The van der Waals surface area contributed by atoms with E-state index in [2.05, 4.69) is 16.0 Å². The molecule has 0 saturated carbocycles. The van der Waals surface area contributed by atoms with Crippen molar-refractivity contribution in [3.05, 3.63) is 71.5 Å². The lowest BCUT2D eigenvalue weighted by Gasteiger charge is -2.26. The van der Waals surface area contributed by atoms with Crippen molar-refractivity contribution in [1.82, 2.24) is 9.97 Å². The lowest BCUT2D eigenvalue weighted by molar-refractivity contribution is -0.144. The zero-order valence-electron chi connectivity index (χ0n) is 20.6. The number of benzene rings is 2. The second kappa shape index (κ2) is 10.9. The fourth-order valence-corrected chi connectivity index (χ4v) is 5.11. The summed E-state index contributed by atoms with van der Waals surface area (Å²) in [6.45, 7) is 0.382. The average molecular weight is 543 g/mol. The number of Topliss-reactive ketones (excluding diaryl/α,β-unsaturated/α-hetero) is 1. The maximum absolute atomic E-state index is 13.7. The van der Waals surface area contributed by atoms with Crippen molar-refractivity contribution in [2.24, 2.45) is 0 Å². The van der Waals surface area contributed by atoms with Crippen molar-refractivity contribution >= 4 is 21.4 Å². The number of anilines is 1. The highest BCUT2D eigenvalue weighted by atomic mass is 32.2. The van der Waals surface area contributed by atoms with E-state index in [9.17, 15) is 26.4 Å². The summed E-state index contributed by atoms with van der Waals surface area (Å²) in [4.78, 5) is 22.2. The van der Waals surface area contributed by atoms with Crippen LogP contribution in [0.25, 0.3) is 11.3 Å². The summed E-state index contributed by atoms with van der Waals surface area (Å²) < 4.78 is 64.6. The molecule has 38 heavy (non-hydrogen) atoms. The van der Waals surface area contributed by atoms with Gasteiger partial charge in [0.25, 0.3) is 0 Å².